The Morgan fingerprint density at radius 2 is 2.19 bits per heavy atom. The highest BCUT2D eigenvalue weighted by molar-refractivity contribution is 7.10. The van der Waals surface area contributed by atoms with Gasteiger partial charge in [0.15, 0.2) is 0 Å². The lowest BCUT2D eigenvalue weighted by atomic mass is 9.93. The highest BCUT2D eigenvalue weighted by Crippen LogP contribution is 2.23. The van der Waals surface area contributed by atoms with E-state index in [4.69, 9.17) is 5.73 Å². The zero-order chi connectivity index (χ0) is 11.4. The molecule has 0 bridgehead atoms. The molecule has 90 valence electrons. The van der Waals surface area contributed by atoms with Gasteiger partial charge in [0.05, 0.1) is 0 Å². The average molecular weight is 238 g/mol. The maximum Gasteiger partial charge on any atom is 0.0330 e. The van der Waals surface area contributed by atoms with E-state index in [1.54, 1.807) is 0 Å². The molecule has 1 fully saturated rings. The minimum atomic E-state index is 0.856. The topological polar surface area (TPSA) is 29.3 Å². The van der Waals surface area contributed by atoms with Crippen molar-refractivity contribution in [2.24, 2.45) is 11.7 Å². The number of hydrogen-bond donors (Lipinski definition) is 1. The van der Waals surface area contributed by atoms with Crippen LogP contribution in [-0.4, -0.2) is 24.5 Å². The molecule has 2 N–H and O–H groups in total. The van der Waals surface area contributed by atoms with Gasteiger partial charge in [-0.3, -0.25) is 4.90 Å². The molecule has 3 heteroatoms. The monoisotopic (exact) mass is 238 g/mol. The van der Waals surface area contributed by atoms with E-state index in [9.17, 15) is 0 Å². The molecule has 1 aromatic heterocycles. The van der Waals surface area contributed by atoms with Gasteiger partial charge in [-0.1, -0.05) is 0 Å². The molecule has 0 radical (unpaired) electrons. The molecule has 1 aromatic rings. The first-order valence-electron chi connectivity index (χ1n) is 6.25. The number of likely N-dealkylation sites (tertiary alicyclic amines) is 1. The molecule has 16 heavy (non-hydrogen) atoms. The summed E-state index contributed by atoms with van der Waals surface area (Å²) >= 11 is 1.89. The molecule has 1 aliphatic rings. The third kappa shape index (κ3) is 3.06. The molecule has 1 saturated heterocycles. The van der Waals surface area contributed by atoms with Crippen LogP contribution in [0.25, 0.3) is 0 Å². The molecule has 2 heterocycles. The van der Waals surface area contributed by atoms with Gasteiger partial charge in [0.1, 0.15) is 0 Å². The largest absolute Gasteiger partial charge is 0.330 e. The molecule has 0 atom stereocenters. The molecule has 0 amide bonds. The Kier molecular flexibility index (Phi) is 4.38. The standard InChI is InChI=1S/C13H22N2S/c1-11-5-9-16-13(11)10-15-7-3-12(2-6-14)4-8-15/h5,9,12H,2-4,6-8,10,14H2,1H3. The van der Waals surface area contributed by atoms with E-state index in [2.05, 4.69) is 23.3 Å². The van der Waals surface area contributed by atoms with Gasteiger partial charge in [-0.25, -0.2) is 0 Å². The summed E-state index contributed by atoms with van der Waals surface area (Å²) < 4.78 is 0. The van der Waals surface area contributed by atoms with Gasteiger partial charge in [0, 0.05) is 11.4 Å². The van der Waals surface area contributed by atoms with Gasteiger partial charge in [-0.15, -0.1) is 11.3 Å². The van der Waals surface area contributed by atoms with Crippen molar-refractivity contribution in [1.29, 1.82) is 0 Å². The van der Waals surface area contributed by atoms with Crippen molar-refractivity contribution in [3.05, 3.63) is 21.9 Å². The van der Waals surface area contributed by atoms with Crippen molar-refractivity contribution in [2.75, 3.05) is 19.6 Å². The van der Waals surface area contributed by atoms with Crippen LogP contribution in [0, 0.1) is 12.8 Å². The number of aryl methyl sites for hydroxylation is 1. The molecule has 0 saturated carbocycles. The summed E-state index contributed by atoms with van der Waals surface area (Å²) in [6.07, 6.45) is 3.88. The van der Waals surface area contributed by atoms with Gasteiger partial charge in [0.25, 0.3) is 0 Å². The zero-order valence-corrected chi connectivity index (χ0v) is 10.9. The van der Waals surface area contributed by atoms with Gasteiger partial charge in [-0.2, -0.15) is 0 Å². The van der Waals surface area contributed by atoms with E-state index in [0.717, 1.165) is 19.0 Å². The van der Waals surface area contributed by atoms with E-state index in [-0.39, 0.29) is 0 Å². The van der Waals surface area contributed by atoms with Crippen LogP contribution in [0.3, 0.4) is 0 Å². The van der Waals surface area contributed by atoms with Crippen LogP contribution in [-0.2, 0) is 6.54 Å². The summed E-state index contributed by atoms with van der Waals surface area (Å²) in [6, 6.07) is 2.22. The first kappa shape index (κ1) is 12.1. The van der Waals surface area contributed by atoms with Crippen molar-refractivity contribution < 1.29 is 0 Å². The van der Waals surface area contributed by atoms with Crippen LogP contribution >= 0.6 is 11.3 Å². The zero-order valence-electron chi connectivity index (χ0n) is 10.1. The summed E-state index contributed by atoms with van der Waals surface area (Å²) in [4.78, 5) is 4.13. The third-order valence-electron chi connectivity index (χ3n) is 3.62. The van der Waals surface area contributed by atoms with E-state index >= 15 is 0 Å². The highest BCUT2D eigenvalue weighted by atomic mass is 32.1. The third-order valence-corrected chi connectivity index (χ3v) is 4.63. The van der Waals surface area contributed by atoms with Crippen LogP contribution < -0.4 is 5.73 Å². The summed E-state index contributed by atoms with van der Waals surface area (Å²) in [6.45, 7) is 6.73. The molecule has 0 aliphatic carbocycles. The molecule has 0 aromatic carbocycles. The SMILES string of the molecule is Cc1ccsc1CN1CCC(CCN)CC1. The number of piperidine rings is 1. The minimum Gasteiger partial charge on any atom is -0.330 e. The Hall–Kier alpha value is -0.380. The quantitative estimate of drug-likeness (QED) is 0.873. The van der Waals surface area contributed by atoms with Crippen LogP contribution in [0.5, 0.6) is 0 Å². The lowest BCUT2D eigenvalue weighted by Crippen LogP contribution is -2.33. The predicted octanol–water partition coefficient (Wildman–Crippen LogP) is 2.62. The van der Waals surface area contributed by atoms with Gasteiger partial charge >= 0.3 is 0 Å². The maximum absolute atomic E-state index is 5.61. The van der Waals surface area contributed by atoms with Crippen molar-refractivity contribution in [3.63, 3.8) is 0 Å². The second-order valence-corrected chi connectivity index (χ2v) is 5.82. The van der Waals surface area contributed by atoms with Crippen molar-refractivity contribution >= 4 is 11.3 Å². The van der Waals surface area contributed by atoms with E-state index in [0.29, 0.717) is 0 Å². The highest BCUT2D eigenvalue weighted by Gasteiger charge is 2.19. The molecule has 0 spiro atoms. The Labute approximate surface area is 102 Å². The summed E-state index contributed by atoms with van der Waals surface area (Å²) in [5, 5.41) is 2.20. The first-order valence-corrected chi connectivity index (χ1v) is 7.13. The van der Waals surface area contributed by atoms with E-state index in [1.807, 2.05) is 11.3 Å². The van der Waals surface area contributed by atoms with E-state index in [1.165, 1.54) is 42.8 Å². The second-order valence-electron chi connectivity index (χ2n) is 4.82. The fourth-order valence-electron chi connectivity index (χ4n) is 2.44. The fourth-order valence-corrected chi connectivity index (χ4v) is 3.39. The van der Waals surface area contributed by atoms with Gasteiger partial charge < -0.3 is 5.73 Å². The van der Waals surface area contributed by atoms with E-state index < -0.39 is 0 Å². The number of nitrogens with zero attached hydrogens (tertiary/aromatic N) is 1. The van der Waals surface area contributed by atoms with Gasteiger partial charge in [0.2, 0.25) is 0 Å². The van der Waals surface area contributed by atoms with Crippen molar-refractivity contribution in [3.8, 4) is 0 Å². The molecular formula is C13H22N2S. The number of thiophene rings is 1. The van der Waals surface area contributed by atoms with Crippen LogP contribution in [0.1, 0.15) is 29.7 Å². The number of hydrogen-bond acceptors (Lipinski definition) is 3. The fraction of sp³-hybridized carbons (Fsp3) is 0.692. The smallest absolute Gasteiger partial charge is 0.0330 e. The van der Waals surface area contributed by atoms with Crippen molar-refractivity contribution in [1.82, 2.24) is 4.90 Å². The lowest BCUT2D eigenvalue weighted by molar-refractivity contribution is 0.174. The van der Waals surface area contributed by atoms with Gasteiger partial charge in [-0.05, 0) is 68.7 Å². The summed E-state index contributed by atoms with van der Waals surface area (Å²) in [5.74, 6) is 0.880. The minimum absolute atomic E-state index is 0.856. The average Bonchev–Trinajstić information content (AvgIpc) is 2.68. The molecule has 1 aliphatic heterocycles. The van der Waals surface area contributed by atoms with Crippen LogP contribution in [0.2, 0.25) is 0 Å². The molecule has 2 rings (SSSR count). The summed E-state index contributed by atoms with van der Waals surface area (Å²) in [7, 11) is 0. The summed E-state index contributed by atoms with van der Waals surface area (Å²) in [5.41, 5.74) is 7.06. The Morgan fingerprint density at radius 3 is 2.75 bits per heavy atom. The molecular weight excluding hydrogens is 216 g/mol. The predicted molar refractivity (Wildman–Crippen MR) is 70.7 cm³/mol. The molecule has 2 nitrogen and oxygen atoms in total. The second kappa shape index (κ2) is 5.80. The normalized spacial score (nSPS) is 19.1. The number of nitrogens with two attached hydrogens (primary N) is 1. The lowest BCUT2D eigenvalue weighted by Gasteiger charge is -2.31. The van der Waals surface area contributed by atoms with Crippen molar-refractivity contribution in [2.45, 2.75) is 32.7 Å². The Bertz CT molecular complexity index is 313. The first-order chi connectivity index (χ1) is 7.79. The molecule has 0 unspecified atom stereocenters. The maximum atomic E-state index is 5.61. The van der Waals surface area contributed by atoms with Crippen LogP contribution in [0.15, 0.2) is 11.4 Å². The van der Waals surface area contributed by atoms with Crippen LogP contribution in [0.4, 0.5) is 0 Å². The Balaban J connectivity index is 1.79. The Morgan fingerprint density at radius 1 is 1.44 bits per heavy atom. The number of rotatable bonds is 4.